The first-order chi connectivity index (χ1) is 17.1. The van der Waals surface area contributed by atoms with Crippen LogP contribution in [0, 0.1) is 20.6 Å². The largest absolute Gasteiger partial charge is 0.488 e. The lowest BCUT2D eigenvalue weighted by molar-refractivity contribution is -0.384. The summed E-state index contributed by atoms with van der Waals surface area (Å²) in [5.41, 5.74) is 2.16. The SMILES string of the molecule is Cc1cc(N2C(=O)NC(=O)/C(=C\c3ccc(OCc4cccc([N+](=O)[O-])c4)c(I)c3)C2=O)ccc1Br. The highest BCUT2D eigenvalue weighted by atomic mass is 127. The van der Waals surface area contributed by atoms with Crippen LogP contribution in [0.5, 0.6) is 5.75 Å². The van der Waals surface area contributed by atoms with E-state index >= 15 is 0 Å². The average Bonchev–Trinajstić information content (AvgIpc) is 2.83. The summed E-state index contributed by atoms with van der Waals surface area (Å²) in [5, 5.41) is 13.2. The number of amides is 4. The second kappa shape index (κ2) is 10.6. The van der Waals surface area contributed by atoms with Gasteiger partial charge in [-0.2, -0.15) is 0 Å². The number of imide groups is 2. The van der Waals surface area contributed by atoms with Crippen molar-refractivity contribution < 1.29 is 24.0 Å². The second-order valence-corrected chi connectivity index (χ2v) is 9.81. The Bertz CT molecular complexity index is 1460. The molecular weight excluding hydrogens is 645 g/mol. The molecule has 182 valence electrons. The number of nitrogens with zero attached hydrogens (tertiary/aromatic N) is 2. The standard InChI is InChI=1S/C25H17BrIN3O6/c1-14-9-17(6-7-20(14)26)29-24(32)19(23(31)28-25(29)33)11-15-5-8-22(21(27)12-15)36-13-16-3-2-4-18(10-16)30(34)35/h2-12H,13H2,1H3,(H,28,31,33)/b19-11+. The predicted molar refractivity (Wildman–Crippen MR) is 144 cm³/mol. The van der Waals surface area contributed by atoms with E-state index in [1.54, 1.807) is 48.5 Å². The molecule has 4 amide bonds. The zero-order valence-corrected chi connectivity index (χ0v) is 22.4. The summed E-state index contributed by atoms with van der Waals surface area (Å²) in [6.07, 6.45) is 1.41. The fourth-order valence-electron chi connectivity index (χ4n) is 3.47. The van der Waals surface area contributed by atoms with Crippen LogP contribution < -0.4 is 15.0 Å². The van der Waals surface area contributed by atoms with E-state index in [9.17, 15) is 24.5 Å². The van der Waals surface area contributed by atoms with Crippen molar-refractivity contribution in [3.63, 3.8) is 0 Å². The molecule has 11 heteroatoms. The maximum absolute atomic E-state index is 13.1. The van der Waals surface area contributed by atoms with Gasteiger partial charge in [0.2, 0.25) is 0 Å². The highest BCUT2D eigenvalue weighted by Crippen LogP contribution is 2.28. The molecule has 1 heterocycles. The fraction of sp³-hybridized carbons (Fsp3) is 0.0800. The summed E-state index contributed by atoms with van der Waals surface area (Å²) in [6.45, 7) is 1.95. The van der Waals surface area contributed by atoms with Gasteiger partial charge in [0.25, 0.3) is 17.5 Å². The molecule has 1 N–H and O–H groups in total. The number of anilines is 1. The zero-order chi connectivity index (χ0) is 26.0. The Balaban J connectivity index is 1.55. The van der Waals surface area contributed by atoms with Crippen LogP contribution in [0.4, 0.5) is 16.2 Å². The molecule has 1 aliphatic heterocycles. The van der Waals surface area contributed by atoms with Crippen LogP contribution in [0.15, 0.2) is 70.7 Å². The van der Waals surface area contributed by atoms with Gasteiger partial charge in [-0.15, -0.1) is 0 Å². The number of rotatable bonds is 6. The third-order valence-electron chi connectivity index (χ3n) is 5.28. The number of nitro benzene ring substituents is 1. The van der Waals surface area contributed by atoms with Crippen LogP contribution in [-0.2, 0) is 16.2 Å². The van der Waals surface area contributed by atoms with E-state index in [0.717, 1.165) is 14.9 Å². The van der Waals surface area contributed by atoms with Gasteiger partial charge in [-0.1, -0.05) is 34.1 Å². The van der Waals surface area contributed by atoms with Crippen LogP contribution in [-0.4, -0.2) is 22.8 Å². The number of hydrogen-bond acceptors (Lipinski definition) is 6. The van der Waals surface area contributed by atoms with Gasteiger partial charge in [-0.25, -0.2) is 9.69 Å². The first kappa shape index (κ1) is 25.5. The molecule has 9 nitrogen and oxygen atoms in total. The van der Waals surface area contributed by atoms with Crippen molar-refractivity contribution in [3.8, 4) is 5.75 Å². The molecule has 0 bridgehead atoms. The summed E-state index contributed by atoms with van der Waals surface area (Å²) in [4.78, 5) is 49.4. The molecule has 0 atom stereocenters. The molecule has 0 spiro atoms. The van der Waals surface area contributed by atoms with Gasteiger partial charge in [0.05, 0.1) is 14.2 Å². The Labute approximate surface area is 227 Å². The number of ether oxygens (including phenoxy) is 1. The van der Waals surface area contributed by atoms with Gasteiger partial charge in [0.1, 0.15) is 17.9 Å². The maximum atomic E-state index is 13.1. The Morgan fingerprint density at radius 2 is 1.89 bits per heavy atom. The Hall–Kier alpha value is -3.58. The summed E-state index contributed by atoms with van der Waals surface area (Å²) in [7, 11) is 0. The smallest absolute Gasteiger partial charge is 0.335 e. The maximum Gasteiger partial charge on any atom is 0.335 e. The number of hydrogen-bond donors (Lipinski definition) is 1. The number of carbonyl (C=O) groups is 3. The lowest BCUT2D eigenvalue weighted by Gasteiger charge is -2.26. The summed E-state index contributed by atoms with van der Waals surface area (Å²) in [5.74, 6) is -0.978. The highest BCUT2D eigenvalue weighted by molar-refractivity contribution is 14.1. The summed E-state index contributed by atoms with van der Waals surface area (Å²) < 4.78 is 7.33. The molecule has 0 saturated carbocycles. The number of barbiturate groups is 1. The minimum atomic E-state index is -0.816. The van der Waals surface area contributed by atoms with Crippen LogP contribution in [0.25, 0.3) is 6.08 Å². The van der Waals surface area contributed by atoms with Crippen molar-refractivity contribution in [1.82, 2.24) is 5.32 Å². The summed E-state index contributed by atoms with van der Waals surface area (Å²) >= 11 is 5.44. The number of carbonyl (C=O) groups excluding carboxylic acids is 3. The normalized spacial score (nSPS) is 14.7. The number of urea groups is 1. The van der Waals surface area contributed by atoms with E-state index in [2.05, 4.69) is 43.8 Å². The number of halogens is 2. The van der Waals surface area contributed by atoms with E-state index in [-0.39, 0.29) is 17.9 Å². The van der Waals surface area contributed by atoms with Crippen molar-refractivity contribution in [1.29, 1.82) is 0 Å². The van der Waals surface area contributed by atoms with Gasteiger partial charge in [-0.05, 0) is 82.6 Å². The van der Waals surface area contributed by atoms with E-state index < -0.39 is 22.8 Å². The lowest BCUT2D eigenvalue weighted by atomic mass is 10.1. The van der Waals surface area contributed by atoms with Gasteiger partial charge in [-0.3, -0.25) is 25.0 Å². The molecule has 36 heavy (non-hydrogen) atoms. The van der Waals surface area contributed by atoms with Crippen LogP contribution in [0.2, 0.25) is 0 Å². The van der Waals surface area contributed by atoms with Crippen LogP contribution in [0.1, 0.15) is 16.7 Å². The second-order valence-electron chi connectivity index (χ2n) is 7.80. The Kier molecular flexibility index (Phi) is 7.50. The van der Waals surface area contributed by atoms with Gasteiger partial charge in [0, 0.05) is 16.6 Å². The van der Waals surface area contributed by atoms with Crippen molar-refractivity contribution in [2.24, 2.45) is 0 Å². The number of nitro groups is 1. The molecule has 0 aromatic heterocycles. The lowest BCUT2D eigenvalue weighted by Crippen LogP contribution is -2.54. The number of nitrogens with one attached hydrogen (secondary N) is 1. The topological polar surface area (TPSA) is 119 Å². The molecular formula is C25H17BrIN3O6. The number of aryl methyl sites for hydroxylation is 1. The molecule has 0 unspecified atom stereocenters. The fourth-order valence-corrected chi connectivity index (χ4v) is 4.41. The van der Waals surface area contributed by atoms with E-state index in [4.69, 9.17) is 4.74 Å². The van der Waals surface area contributed by atoms with Gasteiger partial charge < -0.3 is 4.74 Å². The Morgan fingerprint density at radius 1 is 1.11 bits per heavy atom. The predicted octanol–water partition coefficient (Wildman–Crippen LogP) is 5.52. The van der Waals surface area contributed by atoms with Crippen molar-refractivity contribution in [3.05, 3.63) is 101 Å². The van der Waals surface area contributed by atoms with E-state index in [0.29, 0.717) is 26.1 Å². The molecule has 3 aromatic carbocycles. The quantitative estimate of drug-likeness (QED) is 0.122. The highest BCUT2D eigenvalue weighted by Gasteiger charge is 2.37. The molecule has 1 aliphatic rings. The minimum absolute atomic E-state index is 0.0194. The van der Waals surface area contributed by atoms with Crippen molar-refractivity contribution in [2.75, 3.05) is 4.90 Å². The van der Waals surface area contributed by atoms with Crippen LogP contribution in [0.3, 0.4) is 0 Å². The third kappa shape index (κ3) is 5.46. The number of benzene rings is 3. The average molecular weight is 662 g/mol. The minimum Gasteiger partial charge on any atom is -0.488 e. The van der Waals surface area contributed by atoms with Crippen LogP contribution >= 0.6 is 38.5 Å². The molecule has 4 rings (SSSR count). The van der Waals surface area contributed by atoms with Crippen molar-refractivity contribution >= 4 is 73.8 Å². The summed E-state index contributed by atoms with van der Waals surface area (Å²) in [6, 6.07) is 15.4. The van der Waals surface area contributed by atoms with E-state index in [1.165, 1.54) is 18.2 Å². The first-order valence-corrected chi connectivity index (χ1v) is 12.3. The molecule has 0 radical (unpaired) electrons. The molecule has 1 fully saturated rings. The van der Waals surface area contributed by atoms with Gasteiger partial charge in [0.15, 0.2) is 0 Å². The van der Waals surface area contributed by atoms with Gasteiger partial charge >= 0.3 is 6.03 Å². The first-order valence-electron chi connectivity index (χ1n) is 10.5. The van der Waals surface area contributed by atoms with E-state index in [1.807, 2.05) is 6.92 Å². The monoisotopic (exact) mass is 661 g/mol. The zero-order valence-electron chi connectivity index (χ0n) is 18.7. The third-order valence-corrected chi connectivity index (χ3v) is 7.02. The molecule has 1 saturated heterocycles. The number of non-ortho nitro benzene ring substituents is 1. The molecule has 3 aromatic rings. The van der Waals surface area contributed by atoms with Crippen molar-refractivity contribution in [2.45, 2.75) is 13.5 Å². The molecule has 0 aliphatic carbocycles. The Morgan fingerprint density at radius 3 is 2.58 bits per heavy atom.